The number of aryl methyl sites for hydroxylation is 1. The van der Waals surface area contributed by atoms with Crippen molar-refractivity contribution in [3.8, 4) is 5.75 Å². The first-order valence-corrected chi connectivity index (χ1v) is 9.73. The van der Waals surface area contributed by atoms with Crippen LogP contribution in [0.4, 0.5) is 11.4 Å². The fraction of sp³-hybridized carbons (Fsp3) is 0.400. The average Bonchev–Trinajstić information content (AvgIpc) is 2.64. The van der Waals surface area contributed by atoms with Crippen LogP contribution in [0.25, 0.3) is 0 Å². The summed E-state index contributed by atoms with van der Waals surface area (Å²) in [5, 5.41) is 9.60. The lowest BCUT2D eigenvalue weighted by atomic mass is 10.1. The SMILES string of the molecule is CCCCc1ccc(N=Nc2ccc(OCCCCBr)cc2)cc1. The molecule has 0 heterocycles. The first-order chi connectivity index (χ1) is 11.8. The van der Waals surface area contributed by atoms with Crippen molar-refractivity contribution in [2.45, 2.75) is 39.0 Å². The van der Waals surface area contributed by atoms with Crippen LogP contribution in [0.15, 0.2) is 58.8 Å². The summed E-state index contributed by atoms with van der Waals surface area (Å²) < 4.78 is 5.68. The van der Waals surface area contributed by atoms with Crippen molar-refractivity contribution in [1.82, 2.24) is 0 Å². The second-order valence-corrected chi connectivity index (χ2v) is 6.50. The molecule has 0 radical (unpaired) electrons. The Morgan fingerprint density at radius 2 is 1.46 bits per heavy atom. The highest BCUT2D eigenvalue weighted by atomic mass is 79.9. The zero-order valence-electron chi connectivity index (χ0n) is 14.2. The quantitative estimate of drug-likeness (QED) is 0.245. The van der Waals surface area contributed by atoms with Gasteiger partial charge in [0.1, 0.15) is 5.75 Å². The van der Waals surface area contributed by atoms with E-state index in [4.69, 9.17) is 4.74 Å². The van der Waals surface area contributed by atoms with Crippen LogP contribution in [0.2, 0.25) is 0 Å². The topological polar surface area (TPSA) is 34.0 Å². The monoisotopic (exact) mass is 388 g/mol. The molecule has 0 atom stereocenters. The zero-order chi connectivity index (χ0) is 17.0. The summed E-state index contributed by atoms with van der Waals surface area (Å²) >= 11 is 3.42. The number of azo groups is 1. The normalized spacial score (nSPS) is 11.1. The number of hydrogen-bond acceptors (Lipinski definition) is 3. The molecule has 0 aliphatic rings. The Kier molecular flexibility index (Phi) is 8.53. The van der Waals surface area contributed by atoms with Crippen molar-refractivity contribution in [3.05, 3.63) is 54.1 Å². The number of rotatable bonds is 10. The molecule has 0 unspecified atom stereocenters. The lowest BCUT2D eigenvalue weighted by Crippen LogP contribution is -1.96. The van der Waals surface area contributed by atoms with Gasteiger partial charge in [0.15, 0.2) is 0 Å². The van der Waals surface area contributed by atoms with Gasteiger partial charge in [-0.05, 0) is 67.6 Å². The molecule has 128 valence electrons. The van der Waals surface area contributed by atoms with Crippen LogP contribution in [0.3, 0.4) is 0 Å². The molecule has 0 bridgehead atoms. The van der Waals surface area contributed by atoms with E-state index in [1.807, 2.05) is 36.4 Å². The van der Waals surface area contributed by atoms with Gasteiger partial charge in [-0.25, -0.2) is 0 Å². The highest BCUT2D eigenvalue weighted by molar-refractivity contribution is 9.09. The third-order valence-electron chi connectivity index (χ3n) is 3.67. The summed E-state index contributed by atoms with van der Waals surface area (Å²) in [6, 6.07) is 16.1. The van der Waals surface area contributed by atoms with Crippen LogP contribution in [-0.2, 0) is 6.42 Å². The first-order valence-electron chi connectivity index (χ1n) is 8.61. The Bertz CT molecular complexity index is 609. The van der Waals surface area contributed by atoms with E-state index >= 15 is 0 Å². The molecule has 2 rings (SSSR count). The highest BCUT2D eigenvalue weighted by Crippen LogP contribution is 2.22. The van der Waals surface area contributed by atoms with E-state index in [2.05, 4.69) is 45.2 Å². The molecule has 0 saturated carbocycles. The van der Waals surface area contributed by atoms with Crippen LogP contribution in [-0.4, -0.2) is 11.9 Å². The minimum atomic E-state index is 0.747. The van der Waals surface area contributed by atoms with Crippen molar-refractivity contribution in [3.63, 3.8) is 0 Å². The fourth-order valence-electron chi connectivity index (χ4n) is 2.22. The second-order valence-electron chi connectivity index (χ2n) is 5.71. The van der Waals surface area contributed by atoms with Crippen molar-refractivity contribution in [2.75, 3.05) is 11.9 Å². The second kappa shape index (κ2) is 11.0. The molecular weight excluding hydrogens is 364 g/mol. The Morgan fingerprint density at radius 1 is 0.833 bits per heavy atom. The molecule has 0 amide bonds. The van der Waals surface area contributed by atoms with Crippen molar-refractivity contribution >= 4 is 27.3 Å². The van der Waals surface area contributed by atoms with Gasteiger partial charge in [0.25, 0.3) is 0 Å². The van der Waals surface area contributed by atoms with Gasteiger partial charge in [-0.2, -0.15) is 10.2 Å². The van der Waals surface area contributed by atoms with Crippen LogP contribution in [0.1, 0.15) is 38.2 Å². The molecular formula is C20H25BrN2O. The predicted octanol–water partition coefficient (Wildman–Crippen LogP) is 7.00. The summed E-state index contributed by atoms with van der Waals surface area (Å²) in [5.41, 5.74) is 3.07. The number of halogens is 1. The van der Waals surface area contributed by atoms with E-state index in [1.165, 1.54) is 18.4 Å². The number of ether oxygens (including phenoxy) is 1. The lowest BCUT2D eigenvalue weighted by molar-refractivity contribution is 0.310. The first kappa shape index (κ1) is 18.7. The molecule has 0 saturated heterocycles. The lowest BCUT2D eigenvalue weighted by Gasteiger charge is -2.05. The number of benzene rings is 2. The fourth-order valence-corrected chi connectivity index (χ4v) is 2.62. The van der Waals surface area contributed by atoms with Gasteiger partial charge in [-0.3, -0.25) is 0 Å². The van der Waals surface area contributed by atoms with E-state index < -0.39 is 0 Å². The van der Waals surface area contributed by atoms with Gasteiger partial charge in [0.2, 0.25) is 0 Å². The molecule has 2 aromatic carbocycles. The van der Waals surface area contributed by atoms with Crippen molar-refractivity contribution < 1.29 is 4.74 Å². The molecule has 24 heavy (non-hydrogen) atoms. The van der Waals surface area contributed by atoms with E-state index in [-0.39, 0.29) is 0 Å². The smallest absolute Gasteiger partial charge is 0.119 e. The summed E-state index contributed by atoms with van der Waals surface area (Å²) in [6.07, 6.45) is 5.76. The summed E-state index contributed by atoms with van der Waals surface area (Å²) in [7, 11) is 0. The molecule has 0 N–H and O–H groups in total. The van der Waals surface area contributed by atoms with Crippen molar-refractivity contribution in [2.24, 2.45) is 10.2 Å². The molecule has 0 aromatic heterocycles. The third-order valence-corrected chi connectivity index (χ3v) is 4.23. The molecule has 0 aliphatic heterocycles. The van der Waals surface area contributed by atoms with E-state index in [1.54, 1.807) is 0 Å². The minimum Gasteiger partial charge on any atom is -0.494 e. The van der Waals surface area contributed by atoms with Gasteiger partial charge in [0, 0.05) is 5.33 Å². The summed E-state index contributed by atoms with van der Waals surface area (Å²) in [4.78, 5) is 0. The van der Waals surface area contributed by atoms with Gasteiger partial charge in [-0.15, -0.1) is 0 Å². The molecule has 4 heteroatoms. The minimum absolute atomic E-state index is 0.747. The number of unbranched alkanes of at least 4 members (excludes halogenated alkanes) is 2. The largest absolute Gasteiger partial charge is 0.494 e. The van der Waals surface area contributed by atoms with Crippen LogP contribution < -0.4 is 4.74 Å². The maximum Gasteiger partial charge on any atom is 0.119 e. The molecule has 3 nitrogen and oxygen atoms in total. The Morgan fingerprint density at radius 3 is 2.04 bits per heavy atom. The molecule has 2 aromatic rings. The van der Waals surface area contributed by atoms with Crippen LogP contribution >= 0.6 is 15.9 Å². The molecule has 0 aliphatic carbocycles. The van der Waals surface area contributed by atoms with E-state index in [0.29, 0.717) is 0 Å². The predicted molar refractivity (Wildman–Crippen MR) is 104 cm³/mol. The van der Waals surface area contributed by atoms with Crippen LogP contribution in [0.5, 0.6) is 5.75 Å². The Hall–Kier alpha value is -1.68. The van der Waals surface area contributed by atoms with Gasteiger partial charge in [0.05, 0.1) is 18.0 Å². The Labute approximate surface area is 153 Å². The van der Waals surface area contributed by atoms with Crippen LogP contribution in [0, 0.1) is 0 Å². The highest BCUT2D eigenvalue weighted by Gasteiger charge is 1.96. The average molecular weight is 389 g/mol. The maximum absolute atomic E-state index is 5.68. The molecule has 0 fully saturated rings. The summed E-state index contributed by atoms with van der Waals surface area (Å²) in [6.45, 7) is 2.96. The van der Waals surface area contributed by atoms with Crippen molar-refractivity contribution in [1.29, 1.82) is 0 Å². The summed E-state index contributed by atoms with van der Waals surface area (Å²) in [5.74, 6) is 0.879. The zero-order valence-corrected chi connectivity index (χ0v) is 15.8. The van der Waals surface area contributed by atoms with Gasteiger partial charge < -0.3 is 4.74 Å². The van der Waals surface area contributed by atoms with Gasteiger partial charge in [-0.1, -0.05) is 41.4 Å². The Balaban J connectivity index is 1.85. The third kappa shape index (κ3) is 6.83. The van der Waals surface area contributed by atoms with E-state index in [9.17, 15) is 0 Å². The standard InChI is InChI=1S/C20H25BrN2O/c1-2-3-6-17-7-9-18(10-8-17)22-23-19-11-13-20(14-12-19)24-16-5-4-15-21/h7-14H,2-6,15-16H2,1H3. The number of hydrogen-bond donors (Lipinski definition) is 0. The molecule has 0 spiro atoms. The van der Waals surface area contributed by atoms with E-state index in [0.717, 1.165) is 48.3 Å². The van der Waals surface area contributed by atoms with Gasteiger partial charge >= 0.3 is 0 Å². The number of alkyl halides is 1. The maximum atomic E-state index is 5.68. The number of nitrogens with zero attached hydrogens (tertiary/aromatic N) is 2.